The summed E-state index contributed by atoms with van der Waals surface area (Å²) in [4.78, 5) is 5.33. The molecule has 2 aromatic heterocycles. The summed E-state index contributed by atoms with van der Waals surface area (Å²) in [6.45, 7) is 0. The molecule has 0 amide bonds. The van der Waals surface area contributed by atoms with E-state index in [1.165, 1.54) is 43.7 Å². The molecule has 3 heterocycles. The molecule has 7 aromatic carbocycles. The van der Waals surface area contributed by atoms with Crippen LogP contribution in [0, 0.1) is 0 Å². The van der Waals surface area contributed by atoms with Crippen LogP contribution in [0.1, 0.15) is 23.5 Å². The van der Waals surface area contributed by atoms with Crippen molar-refractivity contribution in [3.63, 3.8) is 0 Å². The second kappa shape index (κ2) is 11.6. The fraction of sp³-hybridized carbons (Fsp3) is 0.0444. The molecule has 0 spiro atoms. The number of rotatable bonds is 4. The molecule has 0 bridgehead atoms. The van der Waals surface area contributed by atoms with Crippen LogP contribution in [-0.4, -0.2) is 15.1 Å². The van der Waals surface area contributed by atoms with Crippen LogP contribution >= 0.6 is 0 Å². The molecule has 0 radical (unpaired) electrons. The van der Waals surface area contributed by atoms with Crippen LogP contribution in [0.25, 0.3) is 60.4 Å². The second-order valence-electron chi connectivity index (χ2n) is 12.9. The van der Waals surface area contributed by atoms with Gasteiger partial charge in [-0.1, -0.05) is 133 Å². The highest BCUT2D eigenvalue weighted by molar-refractivity contribution is 6.20. The highest BCUT2D eigenvalue weighted by atomic mass is 15.4. The molecule has 2 atom stereocenters. The second-order valence-corrected chi connectivity index (χ2v) is 12.9. The van der Waals surface area contributed by atoms with Gasteiger partial charge in [0.15, 0.2) is 0 Å². The van der Waals surface area contributed by atoms with Crippen molar-refractivity contribution >= 4 is 49.6 Å². The molecule has 0 fully saturated rings. The van der Waals surface area contributed by atoms with Gasteiger partial charge in [-0.2, -0.15) is 0 Å². The Labute approximate surface area is 289 Å². The third-order valence-corrected chi connectivity index (χ3v) is 10.0. The van der Waals surface area contributed by atoms with Gasteiger partial charge in [-0.3, -0.25) is 9.88 Å². The first-order valence-electron chi connectivity index (χ1n) is 17.1. The summed E-state index contributed by atoms with van der Waals surface area (Å²) < 4.78 is 4.68. The summed E-state index contributed by atoms with van der Waals surface area (Å²) in [7, 11) is 0. The number of nitrogens with zero attached hydrogens (tertiary/aromatic N) is 3. The fourth-order valence-electron chi connectivity index (χ4n) is 7.76. The minimum Gasteiger partial charge on any atom is -0.336 e. The summed E-state index contributed by atoms with van der Waals surface area (Å²) in [6, 6.07) is 62.7. The number of hydrogen-bond acceptors (Lipinski definition) is 3. The normalized spacial score (nSPS) is 16.2. The predicted octanol–water partition coefficient (Wildman–Crippen LogP) is 10.4. The minimum atomic E-state index is -0.221. The third kappa shape index (κ3) is 4.55. The van der Waals surface area contributed by atoms with Gasteiger partial charge in [-0.15, -0.1) is 0 Å². The zero-order valence-corrected chi connectivity index (χ0v) is 27.2. The molecule has 5 heteroatoms. The average molecular weight is 644 g/mol. The quantitative estimate of drug-likeness (QED) is 0.200. The standard InChI is InChI=1S/C45H33N5/c1-4-15-30(16-5-1)43-46-44(31-17-6-2-7-18-31)48-45(47-43)50-39-25-13-11-22-36(39)42-34(23-14-26-41(42)50)32-27-28-40-37(29-32)35-21-10-12-24-38(35)49(40)33-19-8-3-9-20-33/h1-29,43-44,46H,(H,47,48). The molecule has 2 unspecified atom stereocenters. The minimum absolute atomic E-state index is 0.127. The Kier molecular flexibility index (Phi) is 6.64. The van der Waals surface area contributed by atoms with Crippen LogP contribution in [0.15, 0.2) is 181 Å². The van der Waals surface area contributed by atoms with Crippen LogP contribution in [0.5, 0.6) is 0 Å². The van der Waals surface area contributed by atoms with Crippen molar-refractivity contribution in [2.75, 3.05) is 0 Å². The number of aromatic nitrogens is 2. The van der Waals surface area contributed by atoms with Crippen LogP contribution in [0.4, 0.5) is 0 Å². The Morgan fingerprint density at radius 1 is 0.460 bits per heavy atom. The van der Waals surface area contributed by atoms with E-state index in [2.05, 4.69) is 196 Å². The highest BCUT2D eigenvalue weighted by Crippen LogP contribution is 2.40. The molecule has 0 saturated heterocycles. The molecule has 2 N–H and O–H groups in total. The molecule has 50 heavy (non-hydrogen) atoms. The molecule has 10 rings (SSSR count). The average Bonchev–Trinajstić information content (AvgIpc) is 3.71. The van der Waals surface area contributed by atoms with E-state index in [0.717, 1.165) is 33.8 Å². The lowest BCUT2D eigenvalue weighted by atomic mass is 9.98. The fourth-order valence-corrected chi connectivity index (χ4v) is 7.76. The monoisotopic (exact) mass is 643 g/mol. The van der Waals surface area contributed by atoms with E-state index in [-0.39, 0.29) is 12.3 Å². The summed E-state index contributed by atoms with van der Waals surface area (Å²) in [5.74, 6) is 0.816. The van der Waals surface area contributed by atoms with Gasteiger partial charge in [0, 0.05) is 27.2 Å². The summed E-state index contributed by atoms with van der Waals surface area (Å²) in [6.07, 6.45) is -0.348. The van der Waals surface area contributed by atoms with Crippen molar-refractivity contribution in [1.29, 1.82) is 0 Å². The zero-order chi connectivity index (χ0) is 33.0. The van der Waals surface area contributed by atoms with E-state index in [4.69, 9.17) is 4.99 Å². The highest BCUT2D eigenvalue weighted by Gasteiger charge is 2.28. The number of hydrogen-bond donors (Lipinski definition) is 2. The van der Waals surface area contributed by atoms with E-state index in [0.29, 0.717) is 0 Å². The van der Waals surface area contributed by atoms with E-state index < -0.39 is 0 Å². The molecular weight excluding hydrogens is 611 g/mol. The smallest absolute Gasteiger partial charge is 0.206 e. The lowest BCUT2D eigenvalue weighted by Gasteiger charge is -2.32. The van der Waals surface area contributed by atoms with E-state index in [1.54, 1.807) is 0 Å². The first-order valence-corrected chi connectivity index (χ1v) is 17.1. The summed E-state index contributed by atoms with van der Waals surface area (Å²) in [5, 5.41) is 12.4. The van der Waals surface area contributed by atoms with Crippen molar-refractivity contribution in [1.82, 2.24) is 19.8 Å². The van der Waals surface area contributed by atoms with Gasteiger partial charge < -0.3 is 9.88 Å². The first-order chi connectivity index (χ1) is 24.8. The van der Waals surface area contributed by atoms with Gasteiger partial charge in [0.2, 0.25) is 5.96 Å². The van der Waals surface area contributed by atoms with Crippen LogP contribution < -0.4 is 10.6 Å². The number of fused-ring (bicyclic) bond motifs is 6. The zero-order valence-electron chi connectivity index (χ0n) is 27.2. The molecule has 238 valence electrons. The van der Waals surface area contributed by atoms with Crippen LogP contribution in [0.3, 0.4) is 0 Å². The van der Waals surface area contributed by atoms with Crippen molar-refractivity contribution < 1.29 is 0 Å². The maximum atomic E-state index is 5.33. The molecule has 0 aliphatic carbocycles. The maximum Gasteiger partial charge on any atom is 0.206 e. The number of nitrogens with one attached hydrogen (secondary N) is 2. The van der Waals surface area contributed by atoms with Crippen molar-refractivity contribution in [3.8, 4) is 16.8 Å². The van der Waals surface area contributed by atoms with Crippen LogP contribution in [-0.2, 0) is 0 Å². The topological polar surface area (TPSA) is 46.3 Å². The van der Waals surface area contributed by atoms with E-state index >= 15 is 0 Å². The number of aliphatic imine (C=N–C) groups is 1. The molecule has 1 aliphatic heterocycles. The van der Waals surface area contributed by atoms with Crippen molar-refractivity contribution in [2.45, 2.75) is 12.3 Å². The van der Waals surface area contributed by atoms with Gasteiger partial charge in [0.05, 0.1) is 22.1 Å². The Morgan fingerprint density at radius 2 is 1.06 bits per heavy atom. The van der Waals surface area contributed by atoms with Gasteiger partial charge >= 0.3 is 0 Å². The Hall–Kier alpha value is -6.43. The SMILES string of the molecule is c1ccc(C2N=C(n3c4ccccc4c4c(-c5ccc6c(c5)c5ccccc5n6-c5ccccc5)cccc43)NC(c3ccccc3)N2)cc1. The van der Waals surface area contributed by atoms with Crippen molar-refractivity contribution in [3.05, 3.63) is 187 Å². The maximum absolute atomic E-state index is 5.33. The number of para-hydroxylation sites is 3. The van der Waals surface area contributed by atoms with Gasteiger partial charge in [0.25, 0.3) is 0 Å². The Balaban J connectivity index is 1.19. The lowest BCUT2D eigenvalue weighted by molar-refractivity contribution is 0.403. The summed E-state index contributed by atoms with van der Waals surface area (Å²) in [5.41, 5.74) is 10.5. The largest absolute Gasteiger partial charge is 0.336 e. The van der Waals surface area contributed by atoms with E-state index in [9.17, 15) is 0 Å². The Bertz CT molecular complexity index is 2710. The number of benzene rings is 7. The van der Waals surface area contributed by atoms with E-state index in [1.807, 2.05) is 0 Å². The van der Waals surface area contributed by atoms with Crippen LogP contribution in [0.2, 0.25) is 0 Å². The molecule has 9 aromatic rings. The third-order valence-electron chi connectivity index (χ3n) is 10.0. The molecule has 5 nitrogen and oxygen atoms in total. The van der Waals surface area contributed by atoms with Crippen molar-refractivity contribution in [2.24, 2.45) is 4.99 Å². The summed E-state index contributed by atoms with van der Waals surface area (Å²) >= 11 is 0. The van der Waals surface area contributed by atoms with Gasteiger partial charge in [-0.05, 0) is 64.7 Å². The molecule has 0 saturated carbocycles. The molecule has 1 aliphatic rings. The lowest BCUT2D eigenvalue weighted by Crippen LogP contribution is -2.47. The van der Waals surface area contributed by atoms with Gasteiger partial charge in [0.1, 0.15) is 12.3 Å². The van der Waals surface area contributed by atoms with Gasteiger partial charge in [-0.25, -0.2) is 4.99 Å². The predicted molar refractivity (Wildman–Crippen MR) is 207 cm³/mol. The Morgan fingerprint density at radius 3 is 1.82 bits per heavy atom. The first kappa shape index (κ1) is 28.6. The molecular formula is C45H33N5.